The summed E-state index contributed by atoms with van der Waals surface area (Å²) >= 11 is 0. The molecule has 0 amide bonds. The molecule has 2 aromatic carbocycles. The van der Waals surface area contributed by atoms with Crippen molar-refractivity contribution < 1.29 is 4.42 Å². The minimum Gasteiger partial charge on any atom is -0.454 e. The maximum absolute atomic E-state index is 13.4. The third kappa shape index (κ3) is 2.11. The Labute approximate surface area is 168 Å². The second-order valence-corrected chi connectivity index (χ2v) is 7.48. The van der Waals surface area contributed by atoms with E-state index in [9.17, 15) is 9.59 Å². The molecule has 30 heavy (non-hydrogen) atoms. The van der Waals surface area contributed by atoms with Crippen LogP contribution in [0.3, 0.4) is 0 Å². The number of rotatable bonds is 1. The smallest absolute Gasteiger partial charge is 0.258 e. The van der Waals surface area contributed by atoms with Crippen LogP contribution in [-0.2, 0) is 14.1 Å². The quantitative estimate of drug-likeness (QED) is 0.459. The molecular formula is C23H16N4O3. The molecule has 146 valence electrons. The van der Waals surface area contributed by atoms with E-state index in [1.54, 1.807) is 22.4 Å². The van der Waals surface area contributed by atoms with Gasteiger partial charge in [-0.05, 0) is 29.7 Å². The first-order chi connectivity index (χ1) is 14.5. The molecule has 7 nitrogen and oxygen atoms in total. The van der Waals surface area contributed by atoms with Crippen LogP contribution in [0.25, 0.3) is 55.1 Å². The molecule has 1 N–H and O–H groups in total. The first-order valence-corrected chi connectivity index (χ1v) is 9.52. The predicted molar refractivity (Wildman–Crippen MR) is 117 cm³/mol. The van der Waals surface area contributed by atoms with Crippen LogP contribution >= 0.6 is 0 Å². The van der Waals surface area contributed by atoms with E-state index in [4.69, 9.17) is 9.40 Å². The van der Waals surface area contributed by atoms with Crippen molar-refractivity contribution in [3.05, 3.63) is 75.3 Å². The highest BCUT2D eigenvalue weighted by Crippen LogP contribution is 2.38. The van der Waals surface area contributed by atoms with E-state index < -0.39 is 0 Å². The Balaban J connectivity index is 1.87. The van der Waals surface area contributed by atoms with Crippen molar-refractivity contribution in [2.24, 2.45) is 14.1 Å². The highest BCUT2D eigenvalue weighted by Gasteiger charge is 2.22. The Morgan fingerprint density at radius 2 is 1.83 bits per heavy atom. The summed E-state index contributed by atoms with van der Waals surface area (Å²) in [6.07, 6.45) is 1.82. The van der Waals surface area contributed by atoms with Gasteiger partial charge in [-0.25, -0.2) is 4.98 Å². The average Bonchev–Trinajstić information content (AvgIpc) is 3.29. The molecule has 0 saturated heterocycles. The summed E-state index contributed by atoms with van der Waals surface area (Å²) in [4.78, 5) is 30.0. The van der Waals surface area contributed by atoms with Crippen LogP contribution in [0.2, 0.25) is 0 Å². The van der Waals surface area contributed by atoms with Crippen molar-refractivity contribution >= 4 is 44.0 Å². The molecule has 0 radical (unpaired) electrons. The second-order valence-electron chi connectivity index (χ2n) is 7.48. The zero-order chi connectivity index (χ0) is 20.6. The number of nitrogens with one attached hydrogen (secondary N) is 1. The van der Waals surface area contributed by atoms with Crippen molar-refractivity contribution in [2.45, 2.75) is 0 Å². The molecule has 0 saturated carbocycles. The third-order valence-corrected chi connectivity index (χ3v) is 5.71. The van der Waals surface area contributed by atoms with Crippen molar-refractivity contribution in [1.29, 1.82) is 0 Å². The number of benzene rings is 2. The molecule has 0 aliphatic rings. The van der Waals surface area contributed by atoms with Crippen molar-refractivity contribution in [1.82, 2.24) is 19.3 Å². The summed E-state index contributed by atoms with van der Waals surface area (Å²) in [5.41, 5.74) is 4.06. The van der Waals surface area contributed by atoms with Gasteiger partial charge in [-0.1, -0.05) is 18.2 Å². The number of H-pyrrole nitrogens is 1. The van der Waals surface area contributed by atoms with E-state index in [1.807, 2.05) is 43.6 Å². The van der Waals surface area contributed by atoms with Crippen molar-refractivity contribution in [3.8, 4) is 11.1 Å². The summed E-state index contributed by atoms with van der Waals surface area (Å²) in [7, 11) is 3.63. The topological polar surface area (TPSA) is 85.8 Å². The molecule has 4 aromatic heterocycles. The molecule has 0 spiro atoms. The number of hydrogen-bond donors (Lipinski definition) is 1. The zero-order valence-corrected chi connectivity index (χ0v) is 16.3. The van der Waals surface area contributed by atoms with Gasteiger partial charge in [-0.2, -0.15) is 0 Å². The van der Waals surface area contributed by atoms with Crippen LogP contribution in [0.4, 0.5) is 0 Å². The van der Waals surface area contributed by atoms with Crippen molar-refractivity contribution in [2.75, 3.05) is 0 Å². The van der Waals surface area contributed by atoms with Gasteiger partial charge >= 0.3 is 0 Å². The summed E-state index contributed by atoms with van der Waals surface area (Å²) < 4.78 is 9.55. The molecule has 6 rings (SSSR count). The normalized spacial score (nSPS) is 11.9. The minimum absolute atomic E-state index is 0.128. The lowest BCUT2D eigenvalue weighted by atomic mass is 10.0. The van der Waals surface area contributed by atoms with E-state index >= 15 is 0 Å². The van der Waals surface area contributed by atoms with Gasteiger partial charge in [-0.15, -0.1) is 0 Å². The molecule has 0 atom stereocenters. The van der Waals surface area contributed by atoms with Crippen LogP contribution in [0, 0.1) is 0 Å². The lowest BCUT2D eigenvalue weighted by Gasteiger charge is -2.10. The zero-order valence-electron chi connectivity index (χ0n) is 16.3. The lowest BCUT2D eigenvalue weighted by Crippen LogP contribution is -2.19. The van der Waals surface area contributed by atoms with Crippen molar-refractivity contribution in [3.63, 3.8) is 0 Å². The number of fused-ring (bicyclic) bond motifs is 5. The van der Waals surface area contributed by atoms with Crippen LogP contribution in [0.1, 0.15) is 0 Å². The van der Waals surface area contributed by atoms with Gasteiger partial charge in [-0.3, -0.25) is 14.3 Å². The van der Waals surface area contributed by atoms with E-state index in [1.165, 1.54) is 12.1 Å². The lowest BCUT2D eigenvalue weighted by molar-refractivity contribution is 0.669. The van der Waals surface area contributed by atoms with E-state index in [0.29, 0.717) is 33.5 Å². The fourth-order valence-corrected chi connectivity index (χ4v) is 4.23. The highest BCUT2D eigenvalue weighted by atomic mass is 16.3. The monoisotopic (exact) mass is 396 g/mol. The average molecular weight is 396 g/mol. The fraction of sp³-hybridized carbons (Fsp3) is 0.0870. The SMILES string of the molecule is Cn1[nH]cc2c(-c3cc4ccccc4n(C)c3=O)c3oc4cc(=O)ccc4c3nc21. The first kappa shape index (κ1) is 16.8. The fourth-order valence-electron chi connectivity index (χ4n) is 4.23. The summed E-state index contributed by atoms with van der Waals surface area (Å²) in [6.45, 7) is 0. The maximum atomic E-state index is 13.4. The first-order valence-electron chi connectivity index (χ1n) is 9.52. The number of pyridine rings is 2. The number of aromatic nitrogens is 4. The third-order valence-electron chi connectivity index (χ3n) is 5.71. The largest absolute Gasteiger partial charge is 0.454 e. The van der Waals surface area contributed by atoms with Crippen LogP contribution in [0.5, 0.6) is 0 Å². The molecule has 0 aliphatic carbocycles. The van der Waals surface area contributed by atoms with Gasteiger partial charge in [0.25, 0.3) is 5.56 Å². The number of hydrogen-bond acceptors (Lipinski definition) is 4. The minimum atomic E-state index is -0.136. The van der Waals surface area contributed by atoms with Crippen LogP contribution in [-0.4, -0.2) is 19.3 Å². The molecule has 0 aliphatic heterocycles. The number of para-hydroxylation sites is 1. The van der Waals surface area contributed by atoms with E-state index in [-0.39, 0.29) is 11.0 Å². The Kier molecular flexibility index (Phi) is 3.19. The number of nitrogens with zero attached hydrogens (tertiary/aromatic N) is 3. The molecular weight excluding hydrogens is 380 g/mol. The molecule has 0 fully saturated rings. The second kappa shape index (κ2) is 5.70. The Bertz CT molecular complexity index is 1770. The van der Waals surface area contributed by atoms with Crippen LogP contribution < -0.4 is 11.0 Å². The van der Waals surface area contributed by atoms with Gasteiger partial charge in [0.05, 0.1) is 11.1 Å². The predicted octanol–water partition coefficient (Wildman–Crippen LogP) is 3.68. The van der Waals surface area contributed by atoms with E-state index in [2.05, 4.69) is 5.10 Å². The van der Waals surface area contributed by atoms with Gasteiger partial charge in [0.1, 0.15) is 11.1 Å². The van der Waals surface area contributed by atoms with Gasteiger partial charge in [0, 0.05) is 42.7 Å². The van der Waals surface area contributed by atoms with Gasteiger partial charge in [0.2, 0.25) is 0 Å². The Hall–Kier alpha value is -4.13. The summed E-state index contributed by atoms with van der Waals surface area (Å²) in [6, 6.07) is 14.3. The van der Waals surface area contributed by atoms with Crippen LogP contribution in [0.15, 0.2) is 68.7 Å². The maximum Gasteiger partial charge on any atom is 0.258 e. The molecule has 4 heterocycles. The summed E-state index contributed by atoms with van der Waals surface area (Å²) in [5.74, 6) is 0. The Morgan fingerprint density at radius 1 is 1.00 bits per heavy atom. The highest BCUT2D eigenvalue weighted by molar-refractivity contribution is 6.14. The Morgan fingerprint density at radius 3 is 2.70 bits per heavy atom. The standard InChI is InChI=1S/C23H16N4O3/c1-26-17-6-4-3-5-12(17)9-15(23(26)29)19-16-11-24-27(2)22(16)25-20-14-8-7-13(28)10-18(14)30-21(19)20/h3-11,24H,1-2H3. The molecule has 0 unspecified atom stereocenters. The van der Waals surface area contributed by atoms with Gasteiger partial charge in [0.15, 0.2) is 16.7 Å². The number of aromatic amines is 1. The molecule has 7 heteroatoms. The number of furan rings is 1. The number of aryl methyl sites for hydroxylation is 2. The van der Waals surface area contributed by atoms with Gasteiger partial charge < -0.3 is 14.1 Å². The summed E-state index contributed by atoms with van der Waals surface area (Å²) in [5, 5.41) is 5.60. The molecule has 0 bridgehead atoms. The molecule has 6 aromatic rings. The van der Waals surface area contributed by atoms with E-state index in [0.717, 1.165) is 21.7 Å².